The Kier molecular flexibility index (Phi) is 7.07. The number of pyridine rings is 1. The van der Waals surface area contributed by atoms with E-state index in [1.54, 1.807) is 19.3 Å². The van der Waals surface area contributed by atoms with Crippen LogP contribution in [-0.4, -0.2) is 32.8 Å². The zero-order chi connectivity index (χ0) is 29.4. The molecule has 7 rings (SSSR count). The van der Waals surface area contributed by atoms with Crippen molar-refractivity contribution < 1.29 is 13.8 Å². The summed E-state index contributed by atoms with van der Waals surface area (Å²) in [6, 6.07) is 31.1. The number of benzene rings is 4. The fraction of sp³-hybridized carbons (Fsp3) is 0.0606. The average molecular weight is 604 g/mol. The molecule has 10 heteroatoms. The van der Waals surface area contributed by atoms with Gasteiger partial charge in [-0.2, -0.15) is 5.10 Å². The smallest absolute Gasteiger partial charge is 0.370 e. The van der Waals surface area contributed by atoms with Crippen LogP contribution in [-0.2, 0) is 11.1 Å². The Balaban J connectivity index is 1.12. The predicted octanol–water partition coefficient (Wildman–Crippen LogP) is 8.64. The molecule has 0 spiro atoms. The van der Waals surface area contributed by atoms with Gasteiger partial charge in [0.25, 0.3) is 5.91 Å². The van der Waals surface area contributed by atoms with Crippen molar-refractivity contribution in [1.29, 1.82) is 5.16 Å². The number of aromatic amines is 1. The third-order valence-electron chi connectivity index (χ3n) is 7.24. The molecule has 0 bridgehead atoms. The molecule has 0 fully saturated rings. The van der Waals surface area contributed by atoms with Crippen LogP contribution in [0.3, 0.4) is 0 Å². The van der Waals surface area contributed by atoms with E-state index >= 15 is 0 Å². The molecule has 43 heavy (non-hydrogen) atoms. The zero-order valence-electron chi connectivity index (χ0n) is 23.1. The maximum Gasteiger partial charge on any atom is 0.370 e. The van der Waals surface area contributed by atoms with Crippen molar-refractivity contribution in [2.45, 2.75) is 16.4 Å². The second-order valence-corrected chi connectivity index (χ2v) is 13.2. The summed E-state index contributed by atoms with van der Waals surface area (Å²) < 4.78 is 13.4. The second-order valence-electron chi connectivity index (χ2n) is 10.0. The Hall–Kier alpha value is -4.69. The summed E-state index contributed by atoms with van der Waals surface area (Å²) in [7, 11) is -1.87. The largest absolute Gasteiger partial charge is 0.423 e. The standard InChI is InChI=1S/C33H26N5O3PS/c1-38(42(34)40-21-24-18-22-8-2-3-9-23(22)19-31(24)41-42)33(39)28-11-4-5-12-32(28)43-26-14-15-27-29(36-37-30(27)20-26)16-13-25-10-6-7-17-35-25/h2-20,34H,21H2,1H3,(H,36,37)/b16-13+. The van der Waals surface area contributed by atoms with Gasteiger partial charge in [-0.1, -0.05) is 54.2 Å². The lowest BCUT2D eigenvalue weighted by atomic mass is 10.1. The van der Waals surface area contributed by atoms with E-state index in [0.29, 0.717) is 11.3 Å². The highest BCUT2D eigenvalue weighted by Gasteiger charge is 2.37. The molecule has 1 amide bonds. The van der Waals surface area contributed by atoms with E-state index in [1.807, 2.05) is 103 Å². The molecule has 2 aromatic heterocycles. The van der Waals surface area contributed by atoms with Crippen molar-refractivity contribution in [3.63, 3.8) is 0 Å². The van der Waals surface area contributed by atoms with Gasteiger partial charge in [0, 0.05) is 34.0 Å². The molecule has 0 saturated heterocycles. The van der Waals surface area contributed by atoms with Crippen LogP contribution >= 0.6 is 19.4 Å². The van der Waals surface area contributed by atoms with Crippen LogP contribution in [0.15, 0.2) is 113 Å². The summed E-state index contributed by atoms with van der Waals surface area (Å²) in [5, 5.41) is 19.7. The van der Waals surface area contributed by atoms with Gasteiger partial charge < -0.3 is 4.52 Å². The maximum absolute atomic E-state index is 13.8. The topological polar surface area (TPSA) is 104 Å². The van der Waals surface area contributed by atoms with Gasteiger partial charge in [0.1, 0.15) is 5.75 Å². The summed E-state index contributed by atoms with van der Waals surface area (Å²) >= 11 is 1.48. The second kappa shape index (κ2) is 11.2. The Morgan fingerprint density at radius 1 is 0.977 bits per heavy atom. The van der Waals surface area contributed by atoms with Gasteiger partial charge in [-0.05, 0) is 77.5 Å². The molecule has 0 aliphatic carbocycles. The molecule has 2 N–H and O–H groups in total. The molecule has 1 aliphatic heterocycles. The van der Waals surface area contributed by atoms with E-state index in [2.05, 4.69) is 15.2 Å². The van der Waals surface area contributed by atoms with Crippen LogP contribution in [0.4, 0.5) is 0 Å². The number of H-pyrrole nitrogens is 1. The number of rotatable bonds is 6. The minimum atomic E-state index is -3.45. The van der Waals surface area contributed by atoms with E-state index in [0.717, 1.165) is 48.4 Å². The van der Waals surface area contributed by atoms with Gasteiger partial charge in [0.2, 0.25) is 0 Å². The van der Waals surface area contributed by atoms with Crippen molar-refractivity contribution in [2.75, 3.05) is 7.05 Å². The Morgan fingerprint density at radius 3 is 2.60 bits per heavy atom. The molecular formula is C33H26N5O3PS. The fourth-order valence-electron chi connectivity index (χ4n) is 4.93. The molecular weight excluding hydrogens is 577 g/mol. The summed E-state index contributed by atoms with van der Waals surface area (Å²) in [6.45, 7) is 0.203. The lowest BCUT2D eigenvalue weighted by Gasteiger charge is -2.34. The van der Waals surface area contributed by atoms with Crippen LogP contribution < -0.4 is 4.52 Å². The van der Waals surface area contributed by atoms with Crippen molar-refractivity contribution in [3.8, 4) is 5.75 Å². The molecule has 1 aliphatic rings. The van der Waals surface area contributed by atoms with Crippen molar-refractivity contribution >= 4 is 59.2 Å². The first-order chi connectivity index (χ1) is 21.0. The molecule has 212 valence electrons. The molecule has 0 radical (unpaired) electrons. The van der Waals surface area contributed by atoms with Gasteiger partial charge in [0.15, 0.2) is 0 Å². The van der Waals surface area contributed by atoms with E-state index in [4.69, 9.17) is 14.2 Å². The fourth-order valence-corrected chi connectivity index (χ4v) is 7.36. The lowest BCUT2D eigenvalue weighted by Crippen LogP contribution is -2.29. The first-order valence-electron chi connectivity index (χ1n) is 13.6. The Bertz CT molecular complexity index is 2080. The van der Waals surface area contributed by atoms with Gasteiger partial charge in [0.05, 0.1) is 29.1 Å². The number of amides is 1. The summed E-state index contributed by atoms with van der Waals surface area (Å²) in [5.41, 5.74) is 3.90. The predicted molar refractivity (Wildman–Crippen MR) is 171 cm³/mol. The molecule has 1 atom stereocenters. The highest BCUT2D eigenvalue weighted by Crippen LogP contribution is 2.57. The summed E-state index contributed by atoms with van der Waals surface area (Å²) in [4.78, 5) is 19.9. The number of nitrogens with zero attached hydrogens (tertiary/aromatic N) is 3. The van der Waals surface area contributed by atoms with Crippen LogP contribution in [0.5, 0.6) is 5.75 Å². The van der Waals surface area contributed by atoms with Crippen molar-refractivity contribution in [2.24, 2.45) is 0 Å². The van der Waals surface area contributed by atoms with Gasteiger partial charge in [-0.15, -0.1) is 0 Å². The van der Waals surface area contributed by atoms with E-state index in [-0.39, 0.29) is 12.5 Å². The molecule has 3 heterocycles. The first kappa shape index (κ1) is 27.2. The molecule has 1 unspecified atom stereocenters. The minimum absolute atomic E-state index is 0.203. The van der Waals surface area contributed by atoms with Gasteiger partial charge in [-0.3, -0.25) is 24.1 Å². The van der Waals surface area contributed by atoms with Crippen LogP contribution in [0, 0.1) is 5.16 Å². The first-order valence-corrected chi connectivity index (χ1v) is 16.0. The highest BCUT2D eigenvalue weighted by molar-refractivity contribution is 7.99. The number of carbonyl (C=O) groups is 1. The summed E-state index contributed by atoms with van der Waals surface area (Å²) in [6.07, 6.45) is 5.63. The maximum atomic E-state index is 13.8. The third kappa shape index (κ3) is 5.34. The SMILES string of the molecule is CN(C(=O)c1ccccc1Sc1ccc2c(/C=C/c3ccccn3)n[nH]c2c1)P1(=N)OCc2cc3ccccc3cc2O1. The van der Waals surface area contributed by atoms with Crippen LogP contribution in [0.1, 0.15) is 27.3 Å². The van der Waals surface area contributed by atoms with E-state index < -0.39 is 7.66 Å². The number of aromatic nitrogens is 3. The normalized spacial score (nSPS) is 16.3. The quantitative estimate of drug-likeness (QED) is 0.185. The molecule has 6 aromatic rings. The van der Waals surface area contributed by atoms with Crippen molar-refractivity contribution in [1.82, 2.24) is 19.9 Å². The minimum Gasteiger partial charge on any atom is -0.423 e. The van der Waals surface area contributed by atoms with Crippen LogP contribution in [0.25, 0.3) is 33.8 Å². The third-order valence-corrected chi connectivity index (χ3v) is 10.2. The number of nitrogens with one attached hydrogen (secondary N) is 2. The zero-order valence-corrected chi connectivity index (χ0v) is 24.8. The summed E-state index contributed by atoms with van der Waals surface area (Å²) in [5.74, 6) is 0.248. The Morgan fingerprint density at radius 2 is 1.77 bits per heavy atom. The molecule has 4 aromatic carbocycles. The Labute approximate surface area is 252 Å². The van der Waals surface area contributed by atoms with Gasteiger partial charge in [-0.25, -0.2) is 5.16 Å². The lowest BCUT2D eigenvalue weighted by molar-refractivity contribution is 0.0846. The molecule has 0 saturated carbocycles. The van der Waals surface area contributed by atoms with E-state index in [1.165, 1.54) is 16.4 Å². The number of hydrogen-bond acceptors (Lipinski definition) is 7. The number of fused-ring (bicyclic) bond motifs is 3. The van der Waals surface area contributed by atoms with Gasteiger partial charge >= 0.3 is 7.66 Å². The van der Waals surface area contributed by atoms with Crippen LogP contribution in [0.2, 0.25) is 0 Å². The van der Waals surface area contributed by atoms with E-state index in [9.17, 15) is 4.79 Å². The number of hydrogen-bond donors (Lipinski definition) is 2. The van der Waals surface area contributed by atoms with Crippen molar-refractivity contribution in [3.05, 3.63) is 126 Å². The average Bonchev–Trinajstić information content (AvgIpc) is 3.45. The highest BCUT2D eigenvalue weighted by atomic mass is 32.2. The number of carbonyl (C=O) groups excluding carboxylic acids is 1. The monoisotopic (exact) mass is 603 g/mol. The molecule has 8 nitrogen and oxygen atoms in total.